The molecule has 1 atom stereocenters. The summed E-state index contributed by atoms with van der Waals surface area (Å²) in [6, 6.07) is 16.6. The highest BCUT2D eigenvalue weighted by Crippen LogP contribution is 2.47. The maximum atomic E-state index is 13.7. The smallest absolute Gasteiger partial charge is 0.300 e. The Kier molecular flexibility index (Phi) is 7.19. The molecule has 208 valence electrons. The minimum absolute atomic E-state index is 0.0339. The van der Waals surface area contributed by atoms with Gasteiger partial charge in [-0.15, -0.1) is 0 Å². The number of amides is 1. The summed E-state index contributed by atoms with van der Waals surface area (Å²) < 4.78 is 22.9. The Morgan fingerprint density at radius 3 is 2.40 bits per heavy atom. The van der Waals surface area contributed by atoms with Crippen molar-refractivity contribution >= 4 is 23.1 Å². The van der Waals surface area contributed by atoms with Crippen molar-refractivity contribution in [2.45, 2.75) is 39.2 Å². The van der Waals surface area contributed by atoms with Gasteiger partial charge in [-0.3, -0.25) is 14.5 Å². The number of hydrogen-bond donors (Lipinski definition) is 1. The van der Waals surface area contributed by atoms with E-state index in [-0.39, 0.29) is 16.7 Å². The first-order valence-electron chi connectivity index (χ1n) is 13.3. The number of carbonyl (C=O) groups excluding carboxylic acids is 2. The molecule has 2 aliphatic heterocycles. The fourth-order valence-corrected chi connectivity index (χ4v) is 5.17. The molecule has 3 aromatic rings. The molecule has 0 aliphatic carbocycles. The molecule has 1 amide bonds. The SMILES string of the molecule is CCOc1ccc(/C(O)=C2\C(=O)C(=O)N(c3ccc4c(c3)OCCO4)C2c2ccccc2OC)cc1C(C)(C)C. The van der Waals surface area contributed by atoms with Crippen LogP contribution in [0.3, 0.4) is 0 Å². The van der Waals surface area contributed by atoms with Gasteiger partial charge in [0.25, 0.3) is 11.7 Å². The second kappa shape index (κ2) is 10.6. The molecule has 1 fully saturated rings. The molecular formula is C32H33NO7. The zero-order valence-electron chi connectivity index (χ0n) is 23.3. The van der Waals surface area contributed by atoms with Gasteiger partial charge in [0.15, 0.2) is 11.5 Å². The molecule has 40 heavy (non-hydrogen) atoms. The highest BCUT2D eigenvalue weighted by atomic mass is 16.6. The van der Waals surface area contributed by atoms with Crippen LogP contribution in [0.15, 0.2) is 66.2 Å². The Labute approximate surface area is 233 Å². The van der Waals surface area contributed by atoms with E-state index in [0.717, 1.165) is 5.56 Å². The van der Waals surface area contributed by atoms with Gasteiger partial charge in [-0.05, 0) is 48.7 Å². The van der Waals surface area contributed by atoms with Crippen molar-refractivity contribution in [2.75, 3.05) is 31.8 Å². The second-order valence-electron chi connectivity index (χ2n) is 10.6. The van der Waals surface area contributed by atoms with Crippen molar-refractivity contribution in [3.63, 3.8) is 0 Å². The van der Waals surface area contributed by atoms with Crippen LogP contribution in [0, 0.1) is 0 Å². The Morgan fingerprint density at radius 2 is 1.70 bits per heavy atom. The molecule has 1 unspecified atom stereocenters. The van der Waals surface area contributed by atoms with E-state index in [4.69, 9.17) is 18.9 Å². The molecule has 0 bridgehead atoms. The number of methoxy groups -OCH3 is 1. The zero-order chi connectivity index (χ0) is 28.6. The van der Waals surface area contributed by atoms with Crippen molar-refractivity contribution in [1.82, 2.24) is 0 Å². The van der Waals surface area contributed by atoms with Gasteiger partial charge in [0.1, 0.15) is 30.5 Å². The summed E-state index contributed by atoms with van der Waals surface area (Å²) in [5.74, 6) is 0.373. The average Bonchev–Trinajstić information content (AvgIpc) is 3.21. The van der Waals surface area contributed by atoms with Gasteiger partial charge in [0.05, 0.1) is 25.3 Å². The minimum Gasteiger partial charge on any atom is -0.507 e. The predicted molar refractivity (Wildman–Crippen MR) is 152 cm³/mol. The van der Waals surface area contributed by atoms with Gasteiger partial charge >= 0.3 is 0 Å². The minimum atomic E-state index is -0.955. The average molecular weight is 544 g/mol. The maximum Gasteiger partial charge on any atom is 0.300 e. The predicted octanol–water partition coefficient (Wildman–Crippen LogP) is 5.79. The van der Waals surface area contributed by atoms with E-state index in [9.17, 15) is 14.7 Å². The number of anilines is 1. The van der Waals surface area contributed by atoms with Crippen molar-refractivity contribution in [2.24, 2.45) is 0 Å². The van der Waals surface area contributed by atoms with Crippen LogP contribution in [-0.2, 0) is 15.0 Å². The number of ketones is 1. The number of Topliss-reactive ketones (excluding diaryl/α,β-unsaturated/α-hetero) is 1. The van der Waals surface area contributed by atoms with Gasteiger partial charge in [0, 0.05) is 28.4 Å². The van der Waals surface area contributed by atoms with Crippen molar-refractivity contribution in [3.05, 3.63) is 82.9 Å². The highest BCUT2D eigenvalue weighted by Gasteiger charge is 2.48. The summed E-state index contributed by atoms with van der Waals surface area (Å²) in [6.45, 7) is 9.34. The van der Waals surface area contributed by atoms with Crippen molar-refractivity contribution in [1.29, 1.82) is 0 Å². The molecule has 8 heteroatoms. The summed E-state index contributed by atoms with van der Waals surface area (Å²) in [5, 5.41) is 11.7. The normalized spacial score (nSPS) is 18.1. The first-order valence-corrected chi connectivity index (χ1v) is 13.3. The van der Waals surface area contributed by atoms with E-state index in [1.807, 2.05) is 33.8 Å². The van der Waals surface area contributed by atoms with Gasteiger partial charge in [-0.25, -0.2) is 0 Å². The fraction of sp³-hybridized carbons (Fsp3) is 0.312. The Hall–Kier alpha value is -4.46. The fourth-order valence-electron chi connectivity index (χ4n) is 5.17. The quantitative estimate of drug-likeness (QED) is 0.239. The molecule has 0 radical (unpaired) electrons. The van der Waals surface area contributed by atoms with E-state index in [0.29, 0.717) is 59.6 Å². The summed E-state index contributed by atoms with van der Waals surface area (Å²) >= 11 is 0. The van der Waals surface area contributed by atoms with Gasteiger partial charge in [0.2, 0.25) is 0 Å². The lowest BCUT2D eigenvalue weighted by Gasteiger charge is -2.28. The zero-order valence-corrected chi connectivity index (χ0v) is 23.3. The topological polar surface area (TPSA) is 94.5 Å². The number of para-hydroxylation sites is 1. The van der Waals surface area contributed by atoms with Crippen LogP contribution in [0.5, 0.6) is 23.0 Å². The number of rotatable bonds is 6. The van der Waals surface area contributed by atoms with Crippen LogP contribution >= 0.6 is 0 Å². The summed E-state index contributed by atoms with van der Waals surface area (Å²) in [7, 11) is 1.52. The molecule has 8 nitrogen and oxygen atoms in total. The van der Waals surface area contributed by atoms with Crippen LogP contribution in [0.4, 0.5) is 5.69 Å². The number of hydrogen-bond acceptors (Lipinski definition) is 7. The number of aliphatic hydroxyl groups is 1. The lowest BCUT2D eigenvalue weighted by molar-refractivity contribution is -0.132. The molecule has 0 aromatic heterocycles. The van der Waals surface area contributed by atoms with E-state index in [1.165, 1.54) is 12.0 Å². The van der Waals surface area contributed by atoms with E-state index in [2.05, 4.69) is 0 Å². The second-order valence-corrected chi connectivity index (χ2v) is 10.6. The third-order valence-electron chi connectivity index (χ3n) is 7.04. The first kappa shape index (κ1) is 27.1. The Morgan fingerprint density at radius 1 is 0.975 bits per heavy atom. The first-order chi connectivity index (χ1) is 19.2. The molecule has 0 saturated carbocycles. The largest absolute Gasteiger partial charge is 0.507 e. The number of fused-ring (bicyclic) bond motifs is 1. The molecule has 5 rings (SSSR count). The van der Waals surface area contributed by atoms with Gasteiger partial charge < -0.3 is 24.1 Å². The number of nitrogens with zero attached hydrogens (tertiary/aromatic N) is 1. The lowest BCUT2D eigenvalue weighted by atomic mass is 9.84. The maximum absolute atomic E-state index is 13.7. The van der Waals surface area contributed by atoms with E-state index < -0.39 is 17.7 Å². The molecule has 1 saturated heterocycles. The van der Waals surface area contributed by atoms with Gasteiger partial charge in [-0.2, -0.15) is 0 Å². The number of carbonyl (C=O) groups is 2. The monoisotopic (exact) mass is 543 g/mol. The standard InChI is InChI=1S/C32H33NO7/c1-6-38-24-13-11-19(17-22(24)32(2,3)4)29(34)27-28(21-9-7-8-10-23(21)37-5)33(31(36)30(27)35)20-12-14-25-26(18-20)40-16-15-39-25/h7-14,17-18,28,34H,6,15-16H2,1-5H3/b29-27+. The summed E-state index contributed by atoms with van der Waals surface area (Å²) in [4.78, 5) is 28.7. The molecule has 2 heterocycles. The molecular weight excluding hydrogens is 510 g/mol. The summed E-state index contributed by atoms with van der Waals surface area (Å²) in [6.07, 6.45) is 0. The van der Waals surface area contributed by atoms with Gasteiger partial charge in [-0.1, -0.05) is 39.0 Å². The van der Waals surface area contributed by atoms with Crippen LogP contribution < -0.4 is 23.8 Å². The molecule has 1 N–H and O–H groups in total. The van der Waals surface area contributed by atoms with Crippen LogP contribution in [0.25, 0.3) is 5.76 Å². The third-order valence-corrected chi connectivity index (χ3v) is 7.04. The van der Waals surface area contributed by atoms with Crippen LogP contribution in [0.2, 0.25) is 0 Å². The molecule has 2 aliphatic rings. The van der Waals surface area contributed by atoms with Crippen LogP contribution in [-0.4, -0.2) is 43.7 Å². The van der Waals surface area contributed by atoms with E-state index in [1.54, 1.807) is 54.6 Å². The Balaban J connectivity index is 1.72. The number of aliphatic hydroxyl groups excluding tert-OH is 1. The third kappa shape index (κ3) is 4.74. The van der Waals surface area contributed by atoms with E-state index >= 15 is 0 Å². The molecule has 0 spiro atoms. The highest BCUT2D eigenvalue weighted by molar-refractivity contribution is 6.51. The molecule has 3 aromatic carbocycles. The van der Waals surface area contributed by atoms with Crippen molar-refractivity contribution in [3.8, 4) is 23.0 Å². The van der Waals surface area contributed by atoms with Crippen molar-refractivity contribution < 1.29 is 33.6 Å². The lowest BCUT2D eigenvalue weighted by Crippen LogP contribution is -2.30. The number of ether oxygens (including phenoxy) is 4. The number of benzene rings is 3. The Bertz CT molecular complexity index is 1500. The van der Waals surface area contributed by atoms with Crippen LogP contribution in [0.1, 0.15) is 50.4 Å². The summed E-state index contributed by atoms with van der Waals surface area (Å²) in [5.41, 5.74) is 1.93.